The third-order valence-electron chi connectivity index (χ3n) is 3.23. The Kier molecular flexibility index (Phi) is 1.34. The second-order valence-electron chi connectivity index (χ2n) is 3.76. The maximum atomic E-state index is 3.73. The average molecular weight is 146 g/mol. The zero-order valence-corrected chi connectivity index (χ0v) is 7.06. The molecule has 11 heavy (non-hydrogen) atoms. The normalized spacial score (nSPS) is 39.7. The van der Waals surface area contributed by atoms with Gasteiger partial charge in [-0.3, -0.25) is 0 Å². The van der Waals surface area contributed by atoms with Crippen molar-refractivity contribution in [3.63, 3.8) is 0 Å². The van der Waals surface area contributed by atoms with Crippen LogP contribution in [0.3, 0.4) is 0 Å². The van der Waals surface area contributed by atoms with Gasteiger partial charge in [0, 0.05) is 5.92 Å². The second kappa shape index (κ2) is 2.12. The van der Waals surface area contributed by atoms with Crippen LogP contribution in [0.1, 0.15) is 26.2 Å². The van der Waals surface area contributed by atoms with Gasteiger partial charge in [0.05, 0.1) is 0 Å². The molecule has 0 aromatic heterocycles. The van der Waals surface area contributed by atoms with Gasteiger partial charge >= 0.3 is 0 Å². The summed E-state index contributed by atoms with van der Waals surface area (Å²) in [7, 11) is 0. The van der Waals surface area contributed by atoms with Crippen molar-refractivity contribution in [3.05, 3.63) is 30.0 Å². The Balaban J connectivity index is 2.36. The highest BCUT2D eigenvalue weighted by Gasteiger charge is 2.42. The van der Waals surface area contributed by atoms with Crippen LogP contribution >= 0.6 is 0 Å². The minimum absolute atomic E-state index is 0.505. The first-order chi connectivity index (χ1) is 5.29. The Hall–Kier alpha value is -0.740. The molecule has 2 aliphatic rings. The fourth-order valence-corrected chi connectivity index (χ4v) is 2.36. The van der Waals surface area contributed by atoms with Gasteiger partial charge in [-0.05, 0) is 30.3 Å². The van der Waals surface area contributed by atoms with Crippen molar-refractivity contribution in [2.24, 2.45) is 11.3 Å². The molecule has 2 rings (SSSR count). The topological polar surface area (TPSA) is 0 Å². The molecule has 1 saturated carbocycles. The Morgan fingerprint density at radius 2 is 2.64 bits per heavy atom. The first-order valence-electron chi connectivity index (χ1n) is 4.38. The van der Waals surface area contributed by atoms with Gasteiger partial charge in [0.2, 0.25) is 0 Å². The van der Waals surface area contributed by atoms with Crippen molar-refractivity contribution in [3.8, 4) is 0 Å². The quantitative estimate of drug-likeness (QED) is 0.394. The van der Waals surface area contributed by atoms with Crippen LogP contribution in [0.25, 0.3) is 0 Å². The molecule has 0 nitrogen and oxygen atoms in total. The van der Waals surface area contributed by atoms with E-state index in [4.69, 9.17) is 0 Å². The molecule has 58 valence electrons. The lowest BCUT2D eigenvalue weighted by Gasteiger charge is -2.20. The molecule has 0 aliphatic heterocycles. The van der Waals surface area contributed by atoms with Crippen molar-refractivity contribution < 1.29 is 0 Å². The highest BCUT2D eigenvalue weighted by molar-refractivity contribution is 5.30. The highest BCUT2D eigenvalue weighted by atomic mass is 14.5. The minimum atomic E-state index is 0.505. The van der Waals surface area contributed by atoms with Crippen LogP contribution in [0.15, 0.2) is 30.0 Å². The van der Waals surface area contributed by atoms with E-state index >= 15 is 0 Å². The number of fused-ring (bicyclic) bond motifs is 2. The molecule has 0 N–H and O–H groups in total. The Labute approximate surface area is 68.3 Å². The van der Waals surface area contributed by atoms with Gasteiger partial charge < -0.3 is 0 Å². The molecular formula is C11H14. The number of allylic oxidation sites excluding steroid dienone is 3. The molecule has 2 aliphatic carbocycles. The average Bonchev–Trinajstić information content (AvgIpc) is 2.61. The third kappa shape index (κ3) is 0.829. The van der Waals surface area contributed by atoms with Crippen molar-refractivity contribution in [1.82, 2.24) is 0 Å². The van der Waals surface area contributed by atoms with Crippen molar-refractivity contribution in [2.45, 2.75) is 26.2 Å². The Morgan fingerprint density at radius 3 is 3.09 bits per heavy atom. The first kappa shape index (κ1) is 6.94. The summed E-state index contributed by atoms with van der Waals surface area (Å²) in [6.45, 7) is 6.01. The predicted octanol–water partition coefficient (Wildman–Crippen LogP) is 3.07. The van der Waals surface area contributed by atoms with E-state index in [0.29, 0.717) is 11.3 Å². The molecule has 0 aromatic rings. The van der Waals surface area contributed by atoms with Crippen LogP contribution in [0.5, 0.6) is 0 Å². The molecule has 0 amide bonds. The van der Waals surface area contributed by atoms with Gasteiger partial charge in [0.15, 0.2) is 0 Å². The smallest absolute Gasteiger partial charge is 0.00614 e. The van der Waals surface area contributed by atoms with E-state index in [1.54, 1.807) is 0 Å². The van der Waals surface area contributed by atoms with Crippen LogP contribution < -0.4 is 0 Å². The van der Waals surface area contributed by atoms with Crippen LogP contribution in [0.4, 0.5) is 0 Å². The SMILES string of the molecule is C=C=C1CC2(CC)C=CC1C2. The van der Waals surface area contributed by atoms with Crippen LogP contribution in [0, 0.1) is 11.3 Å². The van der Waals surface area contributed by atoms with Gasteiger partial charge in [-0.1, -0.05) is 25.7 Å². The maximum absolute atomic E-state index is 3.73. The maximum Gasteiger partial charge on any atom is 0.00614 e. The van der Waals surface area contributed by atoms with E-state index in [2.05, 4.69) is 31.4 Å². The molecule has 2 atom stereocenters. The van der Waals surface area contributed by atoms with E-state index in [-0.39, 0.29) is 0 Å². The minimum Gasteiger partial charge on any atom is -0.129 e. The van der Waals surface area contributed by atoms with Gasteiger partial charge in [-0.15, -0.1) is 5.73 Å². The molecular weight excluding hydrogens is 132 g/mol. The Bertz CT molecular complexity index is 253. The summed E-state index contributed by atoms with van der Waals surface area (Å²) in [5, 5.41) is 0. The number of hydrogen-bond acceptors (Lipinski definition) is 0. The fraction of sp³-hybridized carbons (Fsp3) is 0.545. The van der Waals surface area contributed by atoms with Crippen molar-refractivity contribution >= 4 is 0 Å². The molecule has 0 radical (unpaired) electrons. The zero-order chi connectivity index (χ0) is 7.90. The van der Waals surface area contributed by atoms with Gasteiger partial charge in [-0.25, -0.2) is 0 Å². The Morgan fingerprint density at radius 1 is 1.82 bits per heavy atom. The lowest BCUT2D eigenvalue weighted by atomic mass is 9.84. The summed E-state index contributed by atoms with van der Waals surface area (Å²) in [5.41, 5.74) is 5.01. The molecule has 0 aromatic carbocycles. The van der Waals surface area contributed by atoms with Crippen LogP contribution in [0.2, 0.25) is 0 Å². The number of rotatable bonds is 1. The lowest BCUT2D eigenvalue weighted by molar-refractivity contribution is 0.395. The third-order valence-corrected chi connectivity index (χ3v) is 3.23. The van der Waals surface area contributed by atoms with E-state index in [1.807, 2.05) is 0 Å². The van der Waals surface area contributed by atoms with Gasteiger partial charge in [0.25, 0.3) is 0 Å². The highest BCUT2D eigenvalue weighted by Crippen LogP contribution is 2.53. The molecule has 0 saturated heterocycles. The predicted molar refractivity (Wildman–Crippen MR) is 47.2 cm³/mol. The molecule has 0 spiro atoms. The molecule has 1 fully saturated rings. The first-order valence-corrected chi connectivity index (χ1v) is 4.38. The van der Waals surface area contributed by atoms with Gasteiger partial charge in [-0.2, -0.15) is 0 Å². The van der Waals surface area contributed by atoms with E-state index in [0.717, 1.165) is 0 Å². The van der Waals surface area contributed by atoms with Crippen molar-refractivity contribution in [1.29, 1.82) is 0 Å². The summed E-state index contributed by atoms with van der Waals surface area (Å²) >= 11 is 0. The van der Waals surface area contributed by atoms with Crippen molar-refractivity contribution in [2.75, 3.05) is 0 Å². The summed E-state index contributed by atoms with van der Waals surface area (Å²) in [5.74, 6) is 0.687. The lowest BCUT2D eigenvalue weighted by Crippen LogP contribution is -2.08. The standard InChI is InChI=1S/C11H14/c1-3-9-7-11(4-2)6-5-10(9)8-11/h5-6,10H,1,4,7-8H2,2H3. The van der Waals surface area contributed by atoms with Crippen LogP contribution in [-0.4, -0.2) is 0 Å². The molecule has 0 heteroatoms. The molecule has 0 heterocycles. The number of hydrogen-bond donors (Lipinski definition) is 0. The molecule has 2 unspecified atom stereocenters. The zero-order valence-electron chi connectivity index (χ0n) is 7.06. The van der Waals surface area contributed by atoms with E-state index < -0.39 is 0 Å². The summed E-state index contributed by atoms with van der Waals surface area (Å²) in [4.78, 5) is 0. The van der Waals surface area contributed by atoms with Crippen LogP contribution in [-0.2, 0) is 0 Å². The molecule has 2 bridgehead atoms. The fourth-order valence-electron chi connectivity index (χ4n) is 2.36. The monoisotopic (exact) mass is 146 g/mol. The van der Waals surface area contributed by atoms with Gasteiger partial charge in [0.1, 0.15) is 0 Å². The largest absolute Gasteiger partial charge is 0.129 e. The van der Waals surface area contributed by atoms with E-state index in [1.165, 1.54) is 24.8 Å². The summed E-state index contributed by atoms with van der Waals surface area (Å²) in [6.07, 6.45) is 8.54. The van der Waals surface area contributed by atoms with E-state index in [9.17, 15) is 0 Å². The second-order valence-corrected chi connectivity index (χ2v) is 3.76. The summed E-state index contributed by atoms with van der Waals surface area (Å²) < 4.78 is 0. The summed E-state index contributed by atoms with van der Waals surface area (Å²) in [6, 6.07) is 0.